The lowest BCUT2D eigenvalue weighted by molar-refractivity contribution is -0.787. The Morgan fingerprint density at radius 3 is 1.95 bits per heavy atom. The van der Waals surface area contributed by atoms with Crippen LogP contribution >= 0.6 is 33.4 Å². The quantitative estimate of drug-likeness (QED) is 0.349. The van der Waals surface area contributed by atoms with E-state index in [9.17, 15) is 0 Å². The Balaban J connectivity index is 0.000000982. The monoisotopic (exact) mass is 321 g/mol. The number of carbonyl (C=O) groups is 1. The topological polar surface area (TPSA) is 40.1 Å². The van der Waals surface area contributed by atoms with Crippen LogP contribution in [0.3, 0.4) is 0 Å². The van der Waals surface area contributed by atoms with Crippen molar-refractivity contribution in [2.75, 3.05) is 19.6 Å². The Bertz CT molecular complexity index is 348. The van der Waals surface area contributed by atoms with E-state index in [1.165, 1.54) is 4.90 Å². The second-order valence-corrected chi connectivity index (χ2v) is 6.66. The van der Waals surface area contributed by atoms with Gasteiger partial charge in [0.1, 0.15) is 0 Å². The summed E-state index contributed by atoms with van der Waals surface area (Å²) >= 11 is 5.86. The van der Waals surface area contributed by atoms with Gasteiger partial charge in [-0.1, -0.05) is 11.6 Å². The van der Waals surface area contributed by atoms with E-state index in [1.807, 2.05) is 33.9 Å². The molecule has 1 aromatic carbocycles. The van der Waals surface area contributed by atoms with E-state index in [1.54, 1.807) is 0 Å². The number of benzene rings is 1. The van der Waals surface area contributed by atoms with Crippen molar-refractivity contribution in [2.24, 2.45) is 0 Å². The van der Waals surface area contributed by atoms with Crippen LogP contribution in [0.2, 0.25) is 5.02 Å². The Labute approximate surface area is 128 Å². The molecule has 0 N–H and O–H groups in total. The van der Waals surface area contributed by atoms with Crippen LogP contribution in [0.25, 0.3) is 0 Å². The van der Waals surface area contributed by atoms with Gasteiger partial charge in [0.15, 0.2) is 11.0 Å². The number of carboxylic acid groups (broad SMARTS) is 1. The number of halogens is 1. The molecule has 0 spiro atoms. The SMILES string of the molecule is CC[N+](CC)(CC)SSc1ccc(Cl)cc1.O=C[O-]. The molecule has 0 amide bonds. The van der Waals surface area contributed by atoms with Gasteiger partial charge in [0, 0.05) is 27.2 Å². The molecule has 108 valence electrons. The van der Waals surface area contributed by atoms with Crippen molar-refractivity contribution >= 4 is 39.8 Å². The molecule has 6 heteroatoms. The summed E-state index contributed by atoms with van der Waals surface area (Å²) in [5, 5.41) is 9.05. The molecule has 0 fully saturated rings. The van der Waals surface area contributed by atoms with E-state index in [2.05, 4.69) is 32.9 Å². The maximum Gasteiger partial charge on any atom is 0.152 e. The highest BCUT2D eigenvalue weighted by molar-refractivity contribution is 8.74. The average Bonchev–Trinajstić information content (AvgIpc) is 2.44. The van der Waals surface area contributed by atoms with Crippen molar-refractivity contribution in [1.29, 1.82) is 0 Å². The maximum atomic E-state index is 8.25. The van der Waals surface area contributed by atoms with Crippen LogP contribution in [-0.4, -0.2) is 30.0 Å². The zero-order valence-corrected chi connectivity index (χ0v) is 13.9. The number of hydrogen-bond donors (Lipinski definition) is 0. The molecule has 1 aromatic rings. The van der Waals surface area contributed by atoms with Crippen molar-refractivity contribution in [3.05, 3.63) is 29.3 Å². The van der Waals surface area contributed by atoms with E-state index < -0.39 is 6.47 Å². The lowest BCUT2D eigenvalue weighted by atomic mass is 10.4. The van der Waals surface area contributed by atoms with Crippen LogP contribution < -0.4 is 5.11 Å². The van der Waals surface area contributed by atoms with Crippen LogP contribution in [0.4, 0.5) is 0 Å². The smallest absolute Gasteiger partial charge is 0.152 e. The molecule has 0 heterocycles. The fourth-order valence-electron chi connectivity index (χ4n) is 1.44. The van der Waals surface area contributed by atoms with Crippen LogP contribution in [0, 0.1) is 0 Å². The molecule has 0 atom stereocenters. The summed E-state index contributed by atoms with van der Waals surface area (Å²) < 4.78 is 1.09. The summed E-state index contributed by atoms with van der Waals surface area (Å²) in [6.45, 7) is 9.75. The van der Waals surface area contributed by atoms with Gasteiger partial charge in [0.05, 0.1) is 19.6 Å². The summed E-state index contributed by atoms with van der Waals surface area (Å²) in [6.07, 6.45) is 0. The van der Waals surface area contributed by atoms with Gasteiger partial charge in [-0.3, -0.25) is 3.89 Å². The zero-order chi connectivity index (χ0) is 14.7. The summed E-state index contributed by atoms with van der Waals surface area (Å²) in [7, 11) is 3.78. The van der Waals surface area contributed by atoms with Crippen LogP contribution in [0.1, 0.15) is 20.8 Å². The third kappa shape index (κ3) is 7.11. The second-order valence-electron chi connectivity index (χ2n) is 3.71. The number of nitrogens with zero attached hydrogens (tertiary/aromatic N) is 1. The number of carbonyl (C=O) groups excluding carboxylic acids is 1. The summed E-state index contributed by atoms with van der Waals surface area (Å²) in [5.74, 6) is 0. The van der Waals surface area contributed by atoms with E-state index in [-0.39, 0.29) is 0 Å². The molecule has 0 bridgehead atoms. The molecular weight excluding hydrogens is 302 g/mol. The fraction of sp³-hybridized carbons (Fsp3) is 0.462. The van der Waals surface area contributed by atoms with Gasteiger partial charge in [0.25, 0.3) is 0 Å². The highest BCUT2D eigenvalue weighted by Crippen LogP contribution is 2.39. The van der Waals surface area contributed by atoms with Crippen molar-refractivity contribution in [2.45, 2.75) is 25.7 Å². The highest BCUT2D eigenvalue weighted by Gasteiger charge is 2.23. The lowest BCUT2D eigenvalue weighted by Crippen LogP contribution is -2.39. The van der Waals surface area contributed by atoms with Crippen LogP contribution in [0.15, 0.2) is 29.2 Å². The zero-order valence-electron chi connectivity index (χ0n) is 11.5. The first-order valence-electron chi connectivity index (χ1n) is 6.11. The van der Waals surface area contributed by atoms with Crippen LogP contribution in [0.5, 0.6) is 0 Å². The maximum absolute atomic E-state index is 8.25. The molecule has 0 aliphatic heterocycles. The Morgan fingerprint density at radius 1 is 1.16 bits per heavy atom. The minimum absolute atomic E-state index is 0.500. The largest absolute Gasteiger partial charge is 0.554 e. The molecular formula is C13H20ClNO2S2. The first-order chi connectivity index (χ1) is 9.07. The van der Waals surface area contributed by atoms with Crippen molar-refractivity contribution < 1.29 is 13.8 Å². The molecule has 0 aromatic heterocycles. The molecule has 0 saturated heterocycles. The van der Waals surface area contributed by atoms with Crippen molar-refractivity contribution in [3.8, 4) is 0 Å². The molecule has 0 aliphatic rings. The molecule has 1 rings (SSSR count). The van der Waals surface area contributed by atoms with Gasteiger partial charge in [-0.15, -0.1) is 0 Å². The predicted octanol–water partition coefficient (Wildman–Crippen LogP) is 3.24. The molecule has 0 aliphatic carbocycles. The van der Waals surface area contributed by atoms with Gasteiger partial charge >= 0.3 is 0 Å². The molecule has 19 heavy (non-hydrogen) atoms. The van der Waals surface area contributed by atoms with E-state index >= 15 is 0 Å². The van der Waals surface area contributed by atoms with E-state index in [0.717, 1.165) is 28.5 Å². The number of rotatable bonds is 6. The van der Waals surface area contributed by atoms with Crippen LogP contribution in [-0.2, 0) is 4.79 Å². The Morgan fingerprint density at radius 2 is 1.58 bits per heavy atom. The highest BCUT2D eigenvalue weighted by atomic mass is 35.5. The minimum Gasteiger partial charge on any atom is -0.554 e. The normalized spacial score (nSPS) is 10.5. The fourth-order valence-corrected chi connectivity index (χ4v) is 4.39. The van der Waals surface area contributed by atoms with E-state index in [4.69, 9.17) is 21.5 Å². The number of hydrogen-bond acceptors (Lipinski definition) is 4. The third-order valence-electron chi connectivity index (χ3n) is 2.83. The second kappa shape index (κ2) is 10.4. The Hall–Kier alpha value is -0.360. The van der Waals surface area contributed by atoms with Gasteiger partial charge in [0.2, 0.25) is 0 Å². The molecule has 0 radical (unpaired) electrons. The van der Waals surface area contributed by atoms with E-state index in [0.29, 0.717) is 0 Å². The average molecular weight is 322 g/mol. The standard InChI is InChI=1S/C12H19ClNS2.CH2O2/c1-4-14(5-2,6-3)16-15-12-9-7-11(13)8-10-12;2-1-3/h7-10H,4-6H2,1-3H3;1H,(H,2,3)/q+1;/p-1. The summed E-state index contributed by atoms with van der Waals surface area (Å²) in [6, 6.07) is 8.05. The number of quaternary nitrogens is 1. The van der Waals surface area contributed by atoms with Crippen molar-refractivity contribution in [3.63, 3.8) is 0 Å². The summed E-state index contributed by atoms with van der Waals surface area (Å²) in [4.78, 5) is 9.52. The minimum atomic E-state index is -0.500. The molecule has 3 nitrogen and oxygen atoms in total. The van der Waals surface area contributed by atoms with Gasteiger partial charge < -0.3 is 9.90 Å². The predicted molar refractivity (Wildman–Crippen MR) is 82.8 cm³/mol. The first kappa shape index (κ1) is 18.6. The van der Waals surface area contributed by atoms with Gasteiger partial charge in [-0.25, -0.2) is 0 Å². The lowest BCUT2D eigenvalue weighted by Gasteiger charge is -2.31. The third-order valence-corrected chi connectivity index (χ3v) is 6.47. The van der Waals surface area contributed by atoms with Gasteiger partial charge in [-0.05, 0) is 45.0 Å². The Kier molecular flexibility index (Phi) is 10.2. The summed E-state index contributed by atoms with van der Waals surface area (Å²) in [5.41, 5.74) is 0. The first-order valence-corrected chi connectivity index (χ1v) is 8.59. The molecule has 0 unspecified atom stereocenters. The molecule has 0 saturated carbocycles. The van der Waals surface area contributed by atoms with Gasteiger partial charge in [-0.2, -0.15) is 0 Å². The van der Waals surface area contributed by atoms with Crippen molar-refractivity contribution in [1.82, 2.24) is 0 Å².